The number of thiazole rings is 1. The van der Waals surface area contributed by atoms with Gasteiger partial charge in [0.1, 0.15) is 11.6 Å². The van der Waals surface area contributed by atoms with Crippen molar-refractivity contribution in [1.29, 1.82) is 0 Å². The summed E-state index contributed by atoms with van der Waals surface area (Å²) in [5, 5.41) is 38.2. The van der Waals surface area contributed by atoms with E-state index < -0.39 is 5.97 Å². The van der Waals surface area contributed by atoms with Gasteiger partial charge in [0.05, 0.1) is 35.7 Å². The molecule has 0 saturated heterocycles. The molecule has 1 aliphatic heterocycles. The van der Waals surface area contributed by atoms with Crippen molar-refractivity contribution < 1.29 is 24.5 Å². The van der Waals surface area contributed by atoms with Gasteiger partial charge >= 0.3 is 5.97 Å². The molecule has 60 heavy (non-hydrogen) atoms. The minimum atomic E-state index is -1.09. The molecule has 3 N–H and O–H groups in total. The van der Waals surface area contributed by atoms with Gasteiger partial charge in [-0.1, -0.05) is 25.2 Å². The van der Waals surface area contributed by atoms with Crippen molar-refractivity contribution in [2.75, 3.05) is 57.2 Å². The maximum absolute atomic E-state index is 13.0. The van der Waals surface area contributed by atoms with Crippen LogP contribution in [0.2, 0.25) is 0 Å². The van der Waals surface area contributed by atoms with Gasteiger partial charge in [-0.3, -0.25) is 4.68 Å². The molecular formula is C45H57N9O5S. The van der Waals surface area contributed by atoms with E-state index in [9.17, 15) is 15.0 Å². The zero-order valence-corrected chi connectivity index (χ0v) is 36.5. The van der Waals surface area contributed by atoms with Crippen LogP contribution < -0.4 is 15.0 Å². The fourth-order valence-corrected chi connectivity index (χ4v) is 13.1. The fourth-order valence-electron chi connectivity index (χ4n) is 12.3. The number of hydrogen-bond acceptors (Lipinski definition) is 13. The van der Waals surface area contributed by atoms with E-state index in [1.807, 2.05) is 48.4 Å². The van der Waals surface area contributed by atoms with Crippen molar-refractivity contribution in [3.05, 3.63) is 59.0 Å². The maximum atomic E-state index is 13.0. The molecule has 0 spiro atoms. The molecule has 1 aromatic carbocycles. The number of rotatable bonds is 15. The molecule has 5 aliphatic rings. The van der Waals surface area contributed by atoms with E-state index in [4.69, 9.17) is 24.5 Å². The Hall–Kier alpha value is -4.70. The number of anilines is 4. The van der Waals surface area contributed by atoms with Gasteiger partial charge in [0.2, 0.25) is 0 Å². The van der Waals surface area contributed by atoms with E-state index in [-0.39, 0.29) is 34.1 Å². The number of methoxy groups -OCH3 is 1. The second kappa shape index (κ2) is 15.3. The second-order valence-corrected chi connectivity index (χ2v) is 20.0. The smallest absolute Gasteiger partial charge is 0.355 e. The van der Waals surface area contributed by atoms with Crippen LogP contribution >= 0.6 is 11.3 Å². The first-order valence-corrected chi connectivity index (χ1v) is 22.1. The fraction of sp³-hybridized carbons (Fsp3) is 0.556. The van der Waals surface area contributed by atoms with Crippen LogP contribution in [-0.4, -0.2) is 104 Å². The first-order chi connectivity index (χ1) is 28.7. The van der Waals surface area contributed by atoms with Crippen LogP contribution in [0, 0.1) is 30.1 Å². The van der Waals surface area contributed by atoms with E-state index in [1.54, 1.807) is 7.11 Å². The summed E-state index contributed by atoms with van der Waals surface area (Å²) in [4.78, 5) is 26.7. The maximum Gasteiger partial charge on any atom is 0.355 e. The Morgan fingerprint density at radius 1 is 1.00 bits per heavy atom. The van der Waals surface area contributed by atoms with E-state index >= 15 is 0 Å². The summed E-state index contributed by atoms with van der Waals surface area (Å²) in [6.45, 7) is 13.0. The molecule has 0 radical (unpaired) electrons. The zero-order chi connectivity index (χ0) is 42.0. The number of nitrogens with one attached hydrogen (secondary N) is 1. The van der Waals surface area contributed by atoms with Crippen LogP contribution in [0.3, 0.4) is 0 Å². The van der Waals surface area contributed by atoms with E-state index in [0.717, 1.165) is 114 Å². The Morgan fingerprint density at radius 3 is 2.55 bits per heavy atom. The lowest BCUT2D eigenvalue weighted by Crippen LogP contribution is -2.64. The second-order valence-electron chi connectivity index (χ2n) is 19.0. The summed E-state index contributed by atoms with van der Waals surface area (Å²) in [5.41, 5.74) is 5.41. The minimum Gasteiger partial charge on any atom is -0.497 e. The van der Waals surface area contributed by atoms with Crippen molar-refractivity contribution in [3.63, 3.8) is 0 Å². The van der Waals surface area contributed by atoms with Crippen LogP contribution in [0.15, 0.2) is 36.5 Å². The van der Waals surface area contributed by atoms with Gasteiger partial charge in [-0.25, -0.2) is 14.8 Å². The lowest BCUT2D eigenvalue weighted by atomic mass is 9.39. The van der Waals surface area contributed by atoms with Crippen LogP contribution in [-0.2, 0) is 17.7 Å². The van der Waals surface area contributed by atoms with Crippen LogP contribution in [0.5, 0.6) is 5.75 Å². The predicted molar refractivity (Wildman–Crippen MR) is 233 cm³/mol. The molecule has 5 aromatic rings. The third-order valence-corrected chi connectivity index (χ3v) is 14.6. The Kier molecular flexibility index (Phi) is 10.4. The van der Waals surface area contributed by atoms with Gasteiger partial charge in [0, 0.05) is 66.8 Å². The number of likely N-dealkylation sites (N-methyl/N-ethyl adjacent to an activating group) is 1. The molecule has 4 saturated carbocycles. The third kappa shape index (κ3) is 7.51. The average molecular weight is 836 g/mol. The van der Waals surface area contributed by atoms with Crippen molar-refractivity contribution in [2.45, 2.75) is 97.6 Å². The predicted octanol–water partition coefficient (Wildman–Crippen LogP) is 7.95. The average Bonchev–Trinajstić information content (AvgIpc) is 3.77. The number of aromatic carboxylic acids is 1. The van der Waals surface area contributed by atoms with E-state index in [2.05, 4.69) is 52.9 Å². The molecule has 4 aliphatic carbocycles. The number of pyridine rings is 1. The van der Waals surface area contributed by atoms with Gasteiger partial charge < -0.3 is 34.8 Å². The molecule has 4 bridgehead atoms. The molecule has 14 nitrogen and oxygen atoms in total. The highest BCUT2D eigenvalue weighted by molar-refractivity contribution is 7.22. The number of carboxylic acids is 1. The summed E-state index contributed by atoms with van der Waals surface area (Å²) in [5.74, 6) is 1.52. The number of aliphatic hydroxyl groups is 1. The normalized spacial score (nSPS) is 25.6. The van der Waals surface area contributed by atoms with Crippen LogP contribution in [0.4, 0.5) is 22.6 Å². The van der Waals surface area contributed by atoms with Crippen molar-refractivity contribution in [1.82, 2.24) is 34.8 Å². The zero-order valence-electron chi connectivity index (χ0n) is 35.7. The molecule has 4 fully saturated rings. The summed E-state index contributed by atoms with van der Waals surface area (Å²) in [6, 6.07) is 9.61. The topological polar surface area (TPSA) is 164 Å². The van der Waals surface area contributed by atoms with Gasteiger partial charge in [-0.15, -0.1) is 10.2 Å². The van der Waals surface area contributed by atoms with Crippen molar-refractivity contribution in [3.8, 4) is 16.9 Å². The Balaban J connectivity index is 0.953. The van der Waals surface area contributed by atoms with E-state index in [1.165, 1.54) is 17.8 Å². The number of aromatic nitrogens is 6. The largest absolute Gasteiger partial charge is 0.497 e. The lowest BCUT2D eigenvalue weighted by Gasteiger charge is -2.69. The van der Waals surface area contributed by atoms with Crippen LogP contribution in [0.25, 0.3) is 21.3 Å². The standard InChI is InChI=1S/C45H57N9O5S/c1-28-31-9-7-15-53(39(31)51-50-38(28)49-41-47-34-19-30(58-6)10-12-35(34)60-41)36-13-11-32(37(48-36)40(56)57)33-20-46-54(29(33)2)27-44-22-42(3)21-43(4,23-44)25-45(24-42,26-44)59-18-16-52(5)14-8-17-55/h10-13,19-20,55H,7-9,14-18,21-27H2,1-6H3,(H,56,57)(H,47,49,50). The molecule has 15 heteroatoms. The molecule has 0 amide bonds. The van der Waals surface area contributed by atoms with Gasteiger partial charge in [-0.2, -0.15) is 5.10 Å². The SMILES string of the molecule is COc1ccc2sc(Nc3nnc4c(c3C)CCCN4c3ccc(-c4cnn(CC56CC7(C)CC(C)(C5)CC(OCCN(C)CCCO)(C7)C6)c4C)c(C(=O)O)n3)nc2c1. The molecular weight excluding hydrogens is 779 g/mol. The molecule has 2 atom stereocenters. The number of benzene rings is 1. The number of fused-ring (bicyclic) bond motifs is 2. The molecule has 318 valence electrons. The number of nitrogens with zero attached hydrogens (tertiary/aromatic N) is 8. The summed E-state index contributed by atoms with van der Waals surface area (Å²) < 4.78 is 15.5. The van der Waals surface area contributed by atoms with Gasteiger partial charge in [-0.05, 0) is 119 Å². The highest BCUT2D eigenvalue weighted by atomic mass is 32.1. The number of carbonyl (C=O) groups is 1. The van der Waals surface area contributed by atoms with E-state index in [0.29, 0.717) is 36.2 Å². The number of hydrogen-bond donors (Lipinski definition) is 3. The molecule has 2 unspecified atom stereocenters. The highest BCUT2D eigenvalue weighted by Gasteiger charge is 2.66. The van der Waals surface area contributed by atoms with Gasteiger partial charge in [0.25, 0.3) is 0 Å². The molecule has 10 rings (SSSR count). The summed E-state index contributed by atoms with van der Waals surface area (Å²) in [7, 11) is 3.74. The minimum absolute atomic E-state index is 0.0103. The Bertz CT molecular complexity index is 2430. The first-order valence-electron chi connectivity index (χ1n) is 21.3. The first kappa shape index (κ1) is 40.7. The Morgan fingerprint density at radius 2 is 1.80 bits per heavy atom. The van der Waals surface area contributed by atoms with Crippen LogP contribution in [0.1, 0.15) is 92.5 Å². The third-order valence-electron chi connectivity index (χ3n) is 13.7. The number of carboxylic acid groups (broad SMARTS) is 1. The van der Waals surface area contributed by atoms with Crippen molar-refractivity contribution in [2.24, 2.45) is 16.2 Å². The monoisotopic (exact) mass is 835 g/mol. The molecule has 5 heterocycles. The lowest BCUT2D eigenvalue weighted by molar-refractivity contribution is -0.248. The van der Waals surface area contributed by atoms with Gasteiger partial charge in [0.15, 0.2) is 22.5 Å². The quantitative estimate of drug-likeness (QED) is 0.0932. The summed E-state index contributed by atoms with van der Waals surface area (Å²) >= 11 is 1.54. The highest BCUT2D eigenvalue weighted by Crippen LogP contribution is 2.72. The number of ether oxygens (including phenoxy) is 2. The number of aliphatic hydroxyl groups excluding tert-OH is 1. The summed E-state index contributed by atoms with van der Waals surface area (Å²) in [6.07, 6.45) is 10.9. The van der Waals surface area contributed by atoms with Crippen molar-refractivity contribution >= 4 is 50.1 Å². The molecule has 4 aromatic heterocycles. The Labute approximate surface area is 355 Å².